The average Bonchev–Trinajstić information content (AvgIpc) is 2.27. The van der Waals surface area contributed by atoms with E-state index in [-0.39, 0.29) is 12.6 Å². The van der Waals surface area contributed by atoms with Crippen molar-refractivity contribution in [3.63, 3.8) is 0 Å². The second-order valence-electron chi connectivity index (χ2n) is 4.12. The molecule has 17 heavy (non-hydrogen) atoms. The second-order valence-corrected chi connectivity index (χ2v) is 4.12. The van der Waals surface area contributed by atoms with Gasteiger partial charge in [0.1, 0.15) is 5.82 Å². The first kappa shape index (κ1) is 13.2. The Hall–Kier alpha value is -1.91. The standard InChI is InChI=1S/C13H14FN3/c1-10(2)17(4-3-15)9-12-5-11(8-16)6-13(14)7-12/h5-7,10H,4,9H2,1-2H3. The predicted octanol–water partition coefficient (Wildman–Crippen LogP) is 2.43. The lowest BCUT2D eigenvalue weighted by atomic mass is 10.1. The molecule has 1 aromatic carbocycles. The highest BCUT2D eigenvalue weighted by Gasteiger charge is 2.10. The summed E-state index contributed by atoms with van der Waals surface area (Å²) in [4.78, 5) is 1.91. The molecule has 0 N–H and O–H groups in total. The van der Waals surface area contributed by atoms with Crippen molar-refractivity contribution in [2.24, 2.45) is 0 Å². The van der Waals surface area contributed by atoms with Crippen LogP contribution in [0.2, 0.25) is 0 Å². The third-order valence-electron chi connectivity index (χ3n) is 2.48. The molecule has 88 valence electrons. The Bertz CT molecular complexity index is 469. The maximum absolute atomic E-state index is 13.2. The molecule has 0 radical (unpaired) electrons. The van der Waals surface area contributed by atoms with Gasteiger partial charge < -0.3 is 0 Å². The Labute approximate surface area is 101 Å². The molecular weight excluding hydrogens is 217 g/mol. The van der Waals surface area contributed by atoms with Gasteiger partial charge in [0.25, 0.3) is 0 Å². The molecule has 0 heterocycles. The highest BCUT2D eigenvalue weighted by Crippen LogP contribution is 2.12. The van der Waals surface area contributed by atoms with Crippen LogP contribution in [0.1, 0.15) is 25.0 Å². The molecule has 1 aromatic rings. The molecule has 4 heteroatoms. The minimum absolute atomic E-state index is 0.198. The Morgan fingerprint density at radius 1 is 1.29 bits per heavy atom. The van der Waals surface area contributed by atoms with Crippen LogP contribution < -0.4 is 0 Å². The van der Waals surface area contributed by atoms with Crippen molar-refractivity contribution in [1.82, 2.24) is 4.90 Å². The van der Waals surface area contributed by atoms with Gasteiger partial charge in [0.15, 0.2) is 0 Å². The van der Waals surface area contributed by atoms with Crippen LogP contribution in [0.3, 0.4) is 0 Å². The lowest BCUT2D eigenvalue weighted by Crippen LogP contribution is -2.30. The molecule has 0 aromatic heterocycles. The maximum atomic E-state index is 13.2. The fourth-order valence-electron chi connectivity index (χ4n) is 1.55. The molecule has 0 saturated carbocycles. The molecule has 0 aliphatic carbocycles. The Morgan fingerprint density at radius 2 is 2.00 bits per heavy atom. The van der Waals surface area contributed by atoms with Gasteiger partial charge in [0.2, 0.25) is 0 Å². The molecule has 0 unspecified atom stereocenters. The van der Waals surface area contributed by atoms with Gasteiger partial charge in [-0.2, -0.15) is 10.5 Å². The number of halogens is 1. The van der Waals surface area contributed by atoms with E-state index < -0.39 is 5.82 Å². The zero-order chi connectivity index (χ0) is 12.8. The van der Waals surface area contributed by atoms with Gasteiger partial charge in [-0.05, 0) is 37.6 Å². The summed E-state index contributed by atoms with van der Waals surface area (Å²) in [6.07, 6.45) is 0. The van der Waals surface area contributed by atoms with Crippen molar-refractivity contribution in [2.45, 2.75) is 26.4 Å². The highest BCUT2D eigenvalue weighted by molar-refractivity contribution is 5.33. The van der Waals surface area contributed by atoms with Crippen LogP contribution in [-0.2, 0) is 6.54 Å². The van der Waals surface area contributed by atoms with Gasteiger partial charge in [-0.25, -0.2) is 4.39 Å². The fraction of sp³-hybridized carbons (Fsp3) is 0.385. The minimum atomic E-state index is -0.417. The maximum Gasteiger partial charge on any atom is 0.124 e. The van der Waals surface area contributed by atoms with E-state index in [4.69, 9.17) is 10.5 Å². The lowest BCUT2D eigenvalue weighted by Gasteiger charge is -2.23. The van der Waals surface area contributed by atoms with E-state index in [1.54, 1.807) is 6.07 Å². The van der Waals surface area contributed by atoms with Gasteiger partial charge >= 0.3 is 0 Å². The molecule has 3 nitrogen and oxygen atoms in total. The summed E-state index contributed by atoms with van der Waals surface area (Å²) in [5.74, 6) is -0.417. The molecule has 0 atom stereocenters. The van der Waals surface area contributed by atoms with Crippen molar-refractivity contribution in [3.8, 4) is 12.1 Å². The van der Waals surface area contributed by atoms with E-state index in [9.17, 15) is 4.39 Å². The van der Waals surface area contributed by atoms with E-state index in [1.807, 2.05) is 24.8 Å². The summed E-state index contributed by atoms with van der Waals surface area (Å²) >= 11 is 0. The zero-order valence-electron chi connectivity index (χ0n) is 9.94. The van der Waals surface area contributed by atoms with Crippen LogP contribution in [0.15, 0.2) is 18.2 Å². The third kappa shape index (κ3) is 3.86. The molecule has 0 fully saturated rings. The van der Waals surface area contributed by atoms with Crippen LogP contribution in [0, 0.1) is 28.5 Å². The number of nitrogens with zero attached hydrogens (tertiary/aromatic N) is 3. The number of hydrogen-bond acceptors (Lipinski definition) is 3. The van der Waals surface area contributed by atoms with Crippen molar-refractivity contribution in [1.29, 1.82) is 10.5 Å². The molecule has 0 aliphatic rings. The summed E-state index contributed by atoms with van der Waals surface area (Å²) in [6.45, 7) is 4.71. The molecule has 1 rings (SSSR count). The van der Waals surface area contributed by atoms with Crippen molar-refractivity contribution < 1.29 is 4.39 Å². The molecule has 0 saturated heterocycles. The zero-order valence-corrected chi connectivity index (χ0v) is 9.94. The largest absolute Gasteiger partial charge is 0.284 e. The van der Waals surface area contributed by atoms with Crippen molar-refractivity contribution >= 4 is 0 Å². The quantitative estimate of drug-likeness (QED) is 0.748. The van der Waals surface area contributed by atoms with E-state index >= 15 is 0 Å². The lowest BCUT2D eigenvalue weighted by molar-refractivity contribution is 0.240. The Kier molecular flexibility index (Phi) is 4.63. The van der Waals surface area contributed by atoms with Crippen LogP contribution in [-0.4, -0.2) is 17.5 Å². The third-order valence-corrected chi connectivity index (χ3v) is 2.48. The average molecular weight is 231 g/mol. The second kappa shape index (κ2) is 5.98. The Morgan fingerprint density at radius 3 is 2.53 bits per heavy atom. The normalized spacial score (nSPS) is 10.3. The topological polar surface area (TPSA) is 50.8 Å². The molecular formula is C13H14FN3. The predicted molar refractivity (Wildman–Crippen MR) is 62.3 cm³/mol. The van der Waals surface area contributed by atoms with E-state index in [2.05, 4.69) is 6.07 Å². The van der Waals surface area contributed by atoms with Crippen LogP contribution in [0.5, 0.6) is 0 Å². The van der Waals surface area contributed by atoms with Crippen LogP contribution in [0.4, 0.5) is 4.39 Å². The molecule has 0 aliphatic heterocycles. The summed E-state index contributed by atoms with van der Waals surface area (Å²) in [5.41, 5.74) is 1.02. The monoisotopic (exact) mass is 231 g/mol. The van der Waals surface area contributed by atoms with Gasteiger partial charge in [-0.3, -0.25) is 4.90 Å². The van der Waals surface area contributed by atoms with E-state index in [0.717, 1.165) is 0 Å². The van der Waals surface area contributed by atoms with Gasteiger partial charge in [0.05, 0.1) is 24.2 Å². The van der Waals surface area contributed by atoms with Gasteiger partial charge in [-0.1, -0.05) is 0 Å². The van der Waals surface area contributed by atoms with Crippen LogP contribution in [0.25, 0.3) is 0 Å². The molecule has 0 spiro atoms. The first-order chi connectivity index (χ1) is 8.06. The smallest absolute Gasteiger partial charge is 0.124 e. The van der Waals surface area contributed by atoms with E-state index in [0.29, 0.717) is 17.7 Å². The molecule has 0 amide bonds. The highest BCUT2D eigenvalue weighted by atomic mass is 19.1. The summed E-state index contributed by atoms with van der Waals surface area (Å²) in [6, 6.07) is 8.44. The number of hydrogen-bond donors (Lipinski definition) is 0. The number of nitriles is 2. The van der Waals surface area contributed by atoms with Crippen molar-refractivity contribution in [3.05, 3.63) is 35.1 Å². The van der Waals surface area contributed by atoms with E-state index in [1.165, 1.54) is 12.1 Å². The summed E-state index contributed by atoms with van der Waals surface area (Å²) in [5, 5.41) is 17.5. The number of benzene rings is 1. The summed E-state index contributed by atoms with van der Waals surface area (Å²) < 4.78 is 13.2. The Balaban J connectivity index is 2.90. The fourth-order valence-corrected chi connectivity index (χ4v) is 1.55. The van der Waals surface area contributed by atoms with Crippen molar-refractivity contribution in [2.75, 3.05) is 6.54 Å². The number of rotatable bonds is 4. The van der Waals surface area contributed by atoms with Crippen LogP contribution >= 0.6 is 0 Å². The van der Waals surface area contributed by atoms with Gasteiger partial charge in [-0.15, -0.1) is 0 Å². The first-order valence-corrected chi connectivity index (χ1v) is 5.37. The first-order valence-electron chi connectivity index (χ1n) is 5.37. The SMILES string of the molecule is CC(C)N(CC#N)Cc1cc(F)cc(C#N)c1. The molecule has 0 bridgehead atoms. The summed E-state index contributed by atoms with van der Waals surface area (Å²) in [7, 11) is 0. The van der Waals surface area contributed by atoms with Gasteiger partial charge in [0, 0.05) is 12.6 Å². The minimum Gasteiger partial charge on any atom is -0.284 e.